The largest absolute Gasteiger partial charge is 0.456 e. The summed E-state index contributed by atoms with van der Waals surface area (Å²) in [6.07, 6.45) is 0. The Morgan fingerprint density at radius 3 is 2.22 bits per heavy atom. The number of nitrogens with one attached hydrogen (secondary N) is 1. The molecule has 0 atom stereocenters. The molecule has 0 aliphatic carbocycles. The standard InChI is InChI=1S/C18H18N2O2S/c1-18(2,3)22-17(21)14-6-8-15(9-7-14)20-23-16-10-4-13(12-19)5-11-16/h4-11,20H,1-3H3. The molecule has 0 saturated heterocycles. The van der Waals surface area contributed by atoms with Gasteiger partial charge in [0.15, 0.2) is 0 Å². The van der Waals surface area contributed by atoms with Crippen LogP contribution in [0.2, 0.25) is 0 Å². The normalized spacial score (nSPS) is 10.7. The number of esters is 1. The molecule has 0 heterocycles. The fraction of sp³-hybridized carbons (Fsp3) is 0.222. The Labute approximate surface area is 140 Å². The molecule has 0 amide bonds. The van der Waals surface area contributed by atoms with Crippen molar-refractivity contribution >= 4 is 23.6 Å². The third-order valence-corrected chi connectivity index (χ3v) is 3.64. The second-order valence-corrected chi connectivity index (χ2v) is 6.80. The van der Waals surface area contributed by atoms with Crippen LogP contribution in [-0.2, 0) is 4.74 Å². The number of nitriles is 1. The zero-order valence-corrected chi connectivity index (χ0v) is 14.1. The van der Waals surface area contributed by atoms with Crippen LogP contribution in [0, 0.1) is 11.3 Å². The van der Waals surface area contributed by atoms with Gasteiger partial charge >= 0.3 is 5.97 Å². The minimum atomic E-state index is -0.501. The van der Waals surface area contributed by atoms with E-state index in [1.807, 2.05) is 45.0 Å². The van der Waals surface area contributed by atoms with E-state index in [2.05, 4.69) is 10.8 Å². The maximum absolute atomic E-state index is 11.9. The molecule has 23 heavy (non-hydrogen) atoms. The van der Waals surface area contributed by atoms with Gasteiger partial charge in [0.25, 0.3) is 0 Å². The third kappa shape index (κ3) is 5.35. The highest BCUT2D eigenvalue weighted by Gasteiger charge is 2.17. The lowest BCUT2D eigenvalue weighted by Gasteiger charge is -2.19. The number of benzene rings is 2. The number of ether oxygens (including phenoxy) is 1. The predicted octanol–water partition coefficient (Wildman–Crippen LogP) is 4.63. The monoisotopic (exact) mass is 326 g/mol. The lowest BCUT2D eigenvalue weighted by atomic mass is 10.1. The van der Waals surface area contributed by atoms with Crippen molar-refractivity contribution in [3.8, 4) is 6.07 Å². The summed E-state index contributed by atoms with van der Waals surface area (Å²) in [5.41, 5.74) is 1.54. The summed E-state index contributed by atoms with van der Waals surface area (Å²) >= 11 is 1.44. The summed E-state index contributed by atoms with van der Waals surface area (Å²) in [7, 11) is 0. The lowest BCUT2D eigenvalue weighted by molar-refractivity contribution is 0.00696. The molecule has 0 spiro atoms. The number of hydrogen-bond donors (Lipinski definition) is 1. The van der Waals surface area contributed by atoms with Crippen molar-refractivity contribution in [1.82, 2.24) is 0 Å². The molecule has 1 N–H and O–H groups in total. The summed E-state index contributed by atoms with van der Waals surface area (Å²) in [6, 6.07) is 16.5. The quantitative estimate of drug-likeness (QED) is 0.655. The molecule has 0 aliphatic rings. The van der Waals surface area contributed by atoms with E-state index in [1.165, 1.54) is 11.9 Å². The molecule has 0 saturated carbocycles. The molecule has 0 fully saturated rings. The first-order valence-corrected chi connectivity index (χ1v) is 7.95. The van der Waals surface area contributed by atoms with E-state index in [0.717, 1.165) is 10.6 Å². The fourth-order valence-electron chi connectivity index (χ4n) is 1.73. The van der Waals surface area contributed by atoms with Crippen molar-refractivity contribution in [3.63, 3.8) is 0 Å². The molecule has 4 nitrogen and oxygen atoms in total. The van der Waals surface area contributed by atoms with Crippen LogP contribution >= 0.6 is 11.9 Å². The molecule has 118 valence electrons. The van der Waals surface area contributed by atoms with E-state index in [-0.39, 0.29) is 5.97 Å². The number of hydrogen-bond acceptors (Lipinski definition) is 5. The van der Waals surface area contributed by atoms with Crippen molar-refractivity contribution in [2.75, 3.05) is 4.72 Å². The van der Waals surface area contributed by atoms with Crippen LogP contribution in [0.5, 0.6) is 0 Å². The van der Waals surface area contributed by atoms with Crippen molar-refractivity contribution in [3.05, 3.63) is 59.7 Å². The lowest BCUT2D eigenvalue weighted by Crippen LogP contribution is -2.23. The topological polar surface area (TPSA) is 62.1 Å². The van der Waals surface area contributed by atoms with Crippen LogP contribution < -0.4 is 4.72 Å². The van der Waals surface area contributed by atoms with Gasteiger partial charge in [0.1, 0.15) is 5.60 Å². The van der Waals surface area contributed by atoms with E-state index in [0.29, 0.717) is 11.1 Å². The van der Waals surface area contributed by atoms with Crippen LogP contribution in [-0.4, -0.2) is 11.6 Å². The molecule has 5 heteroatoms. The van der Waals surface area contributed by atoms with E-state index >= 15 is 0 Å². The molecular formula is C18H18N2O2S. The van der Waals surface area contributed by atoms with Gasteiger partial charge < -0.3 is 9.46 Å². The Balaban J connectivity index is 1.94. The van der Waals surface area contributed by atoms with Crippen LogP contribution in [0.4, 0.5) is 5.69 Å². The summed E-state index contributed by atoms with van der Waals surface area (Å²) in [5.74, 6) is -0.330. The van der Waals surface area contributed by atoms with Gasteiger partial charge in [-0.1, -0.05) is 0 Å². The van der Waals surface area contributed by atoms with E-state index in [9.17, 15) is 4.79 Å². The number of nitrogens with zero attached hydrogens (tertiary/aromatic N) is 1. The first-order chi connectivity index (χ1) is 10.9. The van der Waals surface area contributed by atoms with Crippen LogP contribution in [0.25, 0.3) is 0 Å². The third-order valence-electron chi connectivity index (χ3n) is 2.79. The Morgan fingerprint density at radius 1 is 1.09 bits per heavy atom. The zero-order valence-electron chi connectivity index (χ0n) is 13.3. The molecule has 2 aromatic rings. The molecular weight excluding hydrogens is 308 g/mol. The van der Waals surface area contributed by atoms with E-state index in [4.69, 9.17) is 10.00 Å². The Bertz CT molecular complexity index is 711. The van der Waals surface area contributed by atoms with Gasteiger partial charge in [-0.25, -0.2) is 4.79 Å². The average Bonchev–Trinajstić information content (AvgIpc) is 2.52. The Morgan fingerprint density at radius 2 is 1.70 bits per heavy atom. The van der Waals surface area contributed by atoms with Gasteiger partial charge in [0, 0.05) is 10.6 Å². The second kappa shape index (κ2) is 7.21. The molecule has 0 radical (unpaired) electrons. The highest BCUT2D eigenvalue weighted by Crippen LogP contribution is 2.22. The number of anilines is 1. The first kappa shape index (κ1) is 16.9. The molecule has 2 aromatic carbocycles. The van der Waals surface area contributed by atoms with Crippen LogP contribution in [0.3, 0.4) is 0 Å². The van der Waals surface area contributed by atoms with Gasteiger partial charge in [-0.15, -0.1) is 0 Å². The van der Waals surface area contributed by atoms with E-state index in [1.54, 1.807) is 24.3 Å². The average molecular weight is 326 g/mol. The fourth-order valence-corrected chi connectivity index (χ4v) is 2.37. The number of rotatable bonds is 4. The van der Waals surface area contributed by atoms with Gasteiger partial charge in [0.05, 0.1) is 17.2 Å². The molecule has 2 rings (SSSR count). The predicted molar refractivity (Wildman–Crippen MR) is 92.2 cm³/mol. The van der Waals surface area contributed by atoms with Crippen molar-refractivity contribution in [1.29, 1.82) is 5.26 Å². The van der Waals surface area contributed by atoms with Crippen molar-refractivity contribution < 1.29 is 9.53 Å². The maximum Gasteiger partial charge on any atom is 0.338 e. The summed E-state index contributed by atoms with van der Waals surface area (Å²) in [6.45, 7) is 5.53. The molecule has 0 unspecified atom stereocenters. The molecule has 0 aromatic heterocycles. The van der Waals surface area contributed by atoms with Gasteiger partial charge in [-0.05, 0) is 81.3 Å². The van der Waals surface area contributed by atoms with E-state index < -0.39 is 5.60 Å². The molecule has 0 aliphatic heterocycles. The van der Waals surface area contributed by atoms with Crippen molar-refractivity contribution in [2.45, 2.75) is 31.3 Å². The first-order valence-electron chi connectivity index (χ1n) is 7.14. The van der Waals surface area contributed by atoms with Gasteiger partial charge in [-0.3, -0.25) is 0 Å². The number of carbonyl (C=O) groups excluding carboxylic acids is 1. The van der Waals surface area contributed by atoms with Gasteiger partial charge in [0.2, 0.25) is 0 Å². The van der Waals surface area contributed by atoms with Crippen molar-refractivity contribution in [2.24, 2.45) is 0 Å². The maximum atomic E-state index is 11.9. The summed E-state index contributed by atoms with van der Waals surface area (Å²) < 4.78 is 8.52. The second-order valence-electron chi connectivity index (χ2n) is 5.92. The Hall–Kier alpha value is -2.45. The summed E-state index contributed by atoms with van der Waals surface area (Å²) in [4.78, 5) is 12.9. The SMILES string of the molecule is CC(C)(C)OC(=O)c1ccc(NSc2ccc(C#N)cc2)cc1. The smallest absolute Gasteiger partial charge is 0.338 e. The van der Waals surface area contributed by atoms with Crippen LogP contribution in [0.15, 0.2) is 53.4 Å². The zero-order chi connectivity index (χ0) is 16.9. The molecule has 0 bridgehead atoms. The minimum Gasteiger partial charge on any atom is -0.456 e. The highest BCUT2D eigenvalue weighted by molar-refractivity contribution is 8.00. The number of carbonyl (C=O) groups is 1. The van der Waals surface area contributed by atoms with Crippen LogP contribution in [0.1, 0.15) is 36.7 Å². The Kier molecular flexibility index (Phi) is 5.30. The highest BCUT2D eigenvalue weighted by atomic mass is 32.2. The van der Waals surface area contributed by atoms with Gasteiger partial charge in [-0.2, -0.15) is 5.26 Å². The summed E-state index contributed by atoms with van der Waals surface area (Å²) in [5, 5.41) is 8.77. The minimum absolute atomic E-state index is 0.330.